The zero-order valence-electron chi connectivity index (χ0n) is 8.65. The number of nitrogens with one attached hydrogen (secondary N) is 2. The Bertz CT molecular complexity index is 299. The summed E-state index contributed by atoms with van der Waals surface area (Å²) in [6.07, 6.45) is -0.384. The van der Waals surface area contributed by atoms with Crippen LogP contribution in [0.2, 0.25) is 0 Å². The lowest BCUT2D eigenvalue weighted by molar-refractivity contribution is -0.138. The molecule has 0 saturated carbocycles. The first-order chi connectivity index (χ1) is 7.32. The quantitative estimate of drug-likeness (QED) is 0.402. The Hall–Kier alpha value is -2.12. The molecule has 0 unspecified atom stereocenters. The summed E-state index contributed by atoms with van der Waals surface area (Å²) < 4.78 is 0. The highest BCUT2D eigenvalue weighted by Gasteiger charge is 2.21. The second-order valence-corrected chi connectivity index (χ2v) is 3.04. The van der Waals surface area contributed by atoms with Crippen molar-refractivity contribution in [1.29, 1.82) is 0 Å². The van der Waals surface area contributed by atoms with Crippen molar-refractivity contribution in [3.63, 3.8) is 0 Å². The average Bonchev–Trinajstić information content (AvgIpc) is 2.11. The molecule has 1 atom stereocenters. The van der Waals surface area contributed by atoms with Crippen LogP contribution >= 0.6 is 0 Å². The SMILES string of the molecule is CC(=O)N[C@@H](CC(N)=O)C(=O)NCC(=O)O. The van der Waals surface area contributed by atoms with E-state index in [0.29, 0.717) is 0 Å². The van der Waals surface area contributed by atoms with Crippen LogP contribution in [0.15, 0.2) is 0 Å². The molecule has 3 amide bonds. The number of hydrogen-bond donors (Lipinski definition) is 4. The molecule has 0 saturated heterocycles. The molecule has 16 heavy (non-hydrogen) atoms. The Balaban J connectivity index is 4.36. The van der Waals surface area contributed by atoms with E-state index in [1.54, 1.807) is 0 Å². The lowest BCUT2D eigenvalue weighted by atomic mass is 10.2. The first kappa shape index (κ1) is 13.9. The number of amides is 3. The van der Waals surface area contributed by atoms with Crippen LogP contribution in [0.1, 0.15) is 13.3 Å². The molecular formula is C8H13N3O5. The fourth-order valence-electron chi connectivity index (χ4n) is 0.942. The molecule has 5 N–H and O–H groups in total. The molecule has 0 aliphatic rings. The normalized spacial score (nSPS) is 11.3. The van der Waals surface area contributed by atoms with Crippen LogP contribution in [0, 0.1) is 0 Å². The highest BCUT2D eigenvalue weighted by Crippen LogP contribution is 1.91. The van der Waals surface area contributed by atoms with Crippen molar-refractivity contribution in [3.8, 4) is 0 Å². The lowest BCUT2D eigenvalue weighted by Crippen LogP contribution is -2.48. The Labute approximate surface area is 91.2 Å². The van der Waals surface area contributed by atoms with Crippen molar-refractivity contribution < 1.29 is 24.3 Å². The van der Waals surface area contributed by atoms with Crippen LogP contribution in [0.4, 0.5) is 0 Å². The molecule has 8 nitrogen and oxygen atoms in total. The van der Waals surface area contributed by atoms with Gasteiger partial charge in [0.2, 0.25) is 17.7 Å². The molecule has 0 aliphatic heterocycles. The minimum absolute atomic E-state index is 0.384. The third kappa shape index (κ3) is 6.35. The van der Waals surface area contributed by atoms with Gasteiger partial charge < -0.3 is 21.5 Å². The summed E-state index contributed by atoms with van der Waals surface area (Å²) in [6, 6.07) is -1.14. The molecule has 0 aromatic rings. The smallest absolute Gasteiger partial charge is 0.322 e. The number of nitrogens with two attached hydrogens (primary N) is 1. The van der Waals surface area contributed by atoms with Crippen LogP contribution in [0.25, 0.3) is 0 Å². The van der Waals surface area contributed by atoms with E-state index in [1.165, 1.54) is 6.92 Å². The number of hydrogen-bond acceptors (Lipinski definition) is 4. The van der Waals surface area contributed by atoms with Gasteiger partial charge in [-0.15, -0.1) is 0 Å². The highest BCUT2D eigenvalue weighted by molar-refractivity contribution is 5.92. The second-order valence-electron chi connectivity index (χ2n) is 3.04. The summed E-state index contributed by atoms with van der Waals surface area (Å²) in [7, 11) is 0. The molecule has 0 aromatic carbocycles. The first-order valence-electron chi connectivity index (χ1n) is 4.38. The summed E-state index contributed by atoms with van der Waals surface area (Å²) in [6.45, 7) is 0.576. The number of carboxylic acid groups (broad SMARTS) is 1. The van der Waals surface area contributed by atoms with Gasteiger partial charge in [0.15, 0.2) is 0 Å². The van der Waals surface area contributed by atoms with Crippen molar-refractivity contribution in [2.24, 2.45) is 5.73 Å². The summed E-state index contributed by atoms with van der Waals surface area (Å²) in [5.74, 6) is -3.29. The van der Waals surface area contributed by atoms with Crippen molar-refractivity contribution in [2.75, 3.05) is 6.54 Å². The van der Waals surface area contributed by atoms with Gasteiger partial charge in [0.1, 0.15) is 12.6 Å². The van der Waals surface area contributed by atoms with Gasteiger partial charge in [0, 0.05) is 6.92 Å². The lowest BCUT2D eigenvalue weighted by Gasteiger charge is -2.15. The fraction of sp³-hybridized carbons (Fsp3) is 0.500. The number of carbonyl (C=O) groups is 4. The molecule has 8 heteroatoms. The van der Waals surface area contributed by atoms with Crippen LogP contribution < -0.4 is 16.4 Å². The predicted molar refractivity (Wildman–Crippen MR) is 52.1 cm³/mol. The highest BCUT2D eigenvalue weighted by atomic mass is 16.4. The van der Waals surface area contributed by atoms with Gasteiger partial charge in [0.05, 0.1) is 6.42 Å². The van der Waals surface area contributed by atoms with Crippen LogP contribution in [-0.2, 0) is 19.2 Å². The van der Waals surface area contributed by atoms with Crippen molar-refractivity contribution in [3.05, 3.63) is 0 Å². The van der Waals surface area contributed by atoms with Crippen LogP contribution in [-0.4, -0.2) is 41.4 Å². The average molecular weight is 231 g/mol. The fourth-order valence-corrected chi connectivity index (χ4v) is 0.942. The maximum Gasteiger partial charge on any atom is 0.322 e. The van der Waals surface area contributed by atoms with Gasteiger partial charge in [-0.2, -0.15) is 0 Å². The predicted octanol–water partition coefficient (Wildman–Crippen LogP) is -2.43. The van der Waals surface area contributed by atoms with Crippen molar-refractivity contribution >= 4 is 23.7 Å². The van der Waals surface area contributed by atoms with Gasteiger partial charge in [-0.1, -0.05) is 0 Å². The molecule has 0 spiro atoms. The maximum atomic E-state index is 11.3. The zero-order valence-corrected chi connectivity index (χ0v) is 8.65. The third-order valence-electron chi connectivity index (χ3n) is 1.51. The minimum Gasteiger partial charge on any atom is -0.480 e. The number of carbonyl (C=O) groups excluding carboxylic acids is 3. The zero-order chi connectivity index (χ0) is 12.7. The number of rotatable bonds is 6. The Morgan fingerprint density at radius 2 is 1.88 bits per heavy atom. The van der Waals surface area contributed by atoms with E-state index in [2.05, 4.69) is 5.32 Å². The largest absolute Gasteiger partial charge is 0.480 e. The molecule has 90 valence electrons. The molecule has 0 rings (SSSR count). The van der Waals surface area contributed by atoms with Gasteiger partial charge >= 0.3 is 5.97 Å². The summed E-state index contributed by atoms with van der Waals surface area (Å²) in [5.41, 5.74) is 4.88. The van der Waals surface area contributed by atoms with Crippen molar-refractivity contribution in [1.82, 2.24) is 10.6 Å². The van der Waals surface area contributed by atoms with E-state index < -0.39 is 36.3 Å². The monoisotopic (exact) mass is 231 g/mol. The van der Waals surface area contributed by atoms with Gasteiger partial charge in [-0.05, 0) is 0 Å². The molecule has 0 aromatic heterocycles. The molecule has 0 aliphatic carbocycles. The summed E-state index contributed by atoms with van der Waals surface area (Å²) >= 11 is 0. The summed E-state index contributed by atoms with van der Waals surface area (Å²) in [5, 5.41) is 12.5. The topological polar surface area (TPSA) is 139 Å². The molecule has 0 fully saturated rings. The minimum atomic E-state index is -1.23. The standard InChI is InChI=1S/C8H13N3O5/c1-4(12)11-5(2-6(9)13)8(16)10-3-7(14)15/h5H,2-3H2,1H3,(H2,9,13)(H,10,16)(H,11,12)(H,14,15)/t5-/m0/s1. The van der Waals surface area contributed by atoms with E-state index in [1.807, 2.05) is 5.32 Å². The third-order valence-corrected chi connectivity index (χ3v) is 1.51. The number of aliphatic carboxylic acids is 1. The number of primary amides is 1. The molecule has 0 bridgehead atoms. The maximum absolute atomic E-state index is 11.3. The van der Waals surface area contributed by atoms with Crippen molar-refractivity contribution in [2.45, 2.75) is 19.4 Å². The van der Waals surface area contributed by atoms with Gasteiger partial charge in [-0.25, -0.2) is 0 Å². The summed E-state index contributed by atoms with van der Waals surface area (Å²) in [4.78, 5) is 42.8. The Morgan fingerprint density at radius 3 is 2.25 bits per heavy atom. The first-order valence-corrected chi connectivity index (χ1v) is 4.38. The van der Waals surface area contributed by atoms with E-state index in [4.69, 9.17) is 10.8 Å². The van der Waals surface area contributed by atoms with Crippen LogP contribution in [0.3, 0.4) is 0 Å². The van der Waals surface area contributed by atoms with E-state index in [9.17, 15) is 19.2 Å². The van der Waals surface area contributed by atoms with Crippen LogP contribution in [0.5, 0.6) is 0 Å². The second kappa shape index (κ2) is 6.38. The van der Waals surface area contributed by atoms with Gasteiger partial charge in [-0.3, -0.25) is 19.2 Å². The van der Waals surface area contributed by atoms with E-state index in [-0.39, 0.29) is 6.42 Å². The van der Waals surface area contributed by atoms with E-state index >= 15 is 0 Å². The van der Waals surface area contributed by atoms with E-state index in [0.717, 1.165) is 0 Å². The Morgan fingerprint density at radius 1 is 1.31 bits per heavy atom. The van der Waals surface area contributed by atoms with Gasteiger partial charge in [0.25, 0.3) is 0 Å². The molecular weight excluding hydrogens is 218 g/mol. The Kier molecular flexibility index (Phi) is 5.53. The molecule has 0 radical (unpaired) electrons. The number of carboxylic acids is 1. The molecule has 0 heterocycles.